The molecule has 0 atom stereocenters. The van der Waals surface area contributed by atoms with Crippen LogP contribution in [-0.2, 0) is 0 Å². The van der Waals surface area contributed by atoms with Crippen LogP contribution < -0.4 is 5.32 Å². The predicted octanol–water partition coefficient (Wildman–Crippen LogP) is 4.82. The first kappa shape index (κ1) is 13.3. The normalized spacial score (nSPS) is 12.0. The molecule has 0 aliphatic heterocycles. The lowest BCUT2D eigenvalue weighted by Crippen LogP contribution is -2.35. The van der Waals surface area contributed by atoms with Gasteiger partial charge in [0.2, 0.25) is 0 Å². The summed E-state index contributed by atoms with van der Waals surface area (Å²) in [6, 6.07) is 4.74. The van der Waals surface area contributed by atoms with Gasteiger partial charge in [0.15, 0.2) is 5.13 Å². The van der Waals surface area contributed by atoms with E-state index in [1.165, 1.54) is 17.4 Å². The summed E-state index contributed by atoms with van der Waals surface area (Å²) < 4.78 is 14.0. The van der Waals surface area contributed by atoms with E-state index in [1.807, 2.05) is 0 Å². The Morgan fingerprint density at radius 3 is 2.50 bits per heavy atom. The smallest absolute Gasteiger partial charge is 0.184 e. The lowest BCUT2D eigenvalue weighted by Gasteiger charge is -2.31. The zero-order valence-electron chi connectivity index (χ0n) is 11.1. The van der Waals surface area contributed by atoms with E-state index >= 15 is 0 Å². The number of benzene rings is 1. The summed E-state index contributed by atoms with van der Waals surface area (Å²) in [7, 11) is 0. The molecule has 0 amide bonds. The second-order valence-corrected chi connectivity index (χ2v) is 5.63. The van der Waals surface area contributed by atoms with Crippen LogP contribution in [0.4, 0.5) is 9.52 Å². The van der Waals surface area contributed by atoms with Crippen molar-refractivity contribution in [1.82, 2.24) is 4.98 Å². The fourth-order valence-electron chi connectivity index (χ4n) is 2.19. The lowest BCUT2D eigenvalue weighted by molar-refractivity contribution is 0.420. The van der Waals surface area contributed by atoms with Gasteiger partial charge in [0.1, 0.15) is 5.82 Å². The third kappa shape index (κ3) is 2.48. The zero-order valence-corrected chi connectivity index (χ0v) is 11.9. The molecule has 0 bridgehead atoms. The molecule has 1 aromatic heterocycles. The predicted molar refractivity (Wildman–Crippen MR) is 76.8 cm³/mol. The van der Waals surface area contributed by atoms with Crippen molar-refractivity contribution in [3.63, 3.8) is 0 Å². The van der Waals surface area contributed by atoms with Crippen molar-refractivity contribution in [2.75, 3.05) is 5.32 Å². The highest BCUT2D eigenvalue weighted by Crippen LogP contribution is 2.31. The highest BCUT2D eigenvalue weighted by atomic mass is 32.1. The molecule has 4 heteroatoms. The Balaban J connectivity index is 2.31. The van der Waals surface area contributed by atoms with Crippen LogP contribution in [0.25, 0.3) is 10.2 Å². The third-order valence-electron chi connectivity index (χ3n) is 3.75. The summed E-state index contributed by atoms with van der Waals surface area (Å²) in [5.41, 5.74) is 0.966. The molecule has 0 radical (unpaired) electrons. The number of anilines is 1. The van der Waals surface area contributed by atoms with Crippen LogP contribution in [0.1, 0.15) is 40.0 Å². The SMILES string of the molecule is CCC(CC)(CC)Nc1nc2ccc(F)cc2s1. The number of hydrogen-bond acceptors (Lipinski definition) is 3. The summed E-state index contributed by atoms with van der Waals surface area (Å²) in [5.74, 6) is -0.203. The number of aromatic nitrogens is 1. The number of hydrogen-bond donors (Lipinski definition) is 1. The molecule has 2 nitrogen and oxygen atoms in total. The van der Waals surface area contributed by atoms with Crippen LogP contribution in [-0.4, -0.2) is 10.5 Å². The number of thiazole rings is 1. The van der Waals surface area contributed by atoms with Gasteiger partial charge < -0.3 is 5.32 Å². The van der Waals surface area contributed by atoms with E-state index in [2.05, 4.69) is 31.1 Å². The number of nitrogens with zero attached hydrogens (tertiary/aromatic N) is 1. The minimum atomic E-state index is -0.203. The fraction of sp³-hybridized carbons (Fsp3) is 0.500. The third-order valence-corrected chi connectivity index (χ3v) is 4.69. The molecule has 0 aliphatic rings. The molecule has 0 saturated carbocycles. The van der Waals surface area contributed by atoms with Crippen LogP contribution in [0.15, 0.2) is 18.2 Å². The highest BCUT2D eigenvalue weighted by Gasteiger charge is 2.24. The van der Waals surface area contributed by atoms with E-state index < -0.39 is 0 Å². The molecule has 2 rings (SSSR count). The van der Waals surface area contributed by atoms with Crippen LogP contribution in [0.2, 0.25) is 0 Å². The Bertz CT molecular complexity index is 523. The van der Waals surface area contributed by atoms with Gasteiger partial charge >= 0.3 is 0 Å². The summed E-state index contributed by atoms with van der Waals surface area (Å²) in [6.07, 6.45) is 3.18. The van der Waals surface area contributed by atoms with Gasteiger partial charge in [0.05, 0.1) is 10.2 Å². The number of fused-ring (bicyclic) bond motifs is 1. The van der Waals surface area contributed by atoms with E-state index in [1.54, 1.807) is 12.1 Å². The largest absolute Gasteiger partial charge is 0.356 e. The van der Waals surface area contributed by atoms with Gasteiger partial charge in [-0.25, -0.2) is 9.37 Å². The maximum Gasteiger partial charge on any atom is 0.184 e. The number of nitrogens with one attached hydrogen (secondary N) is 1. The molecular formula is C14H19FN2S. The molecule has 98 valence electrons. The van der Waals surface area contributed by atoms with Crippen molar-refractivity contribution in [2.24, 2.45) is 0 Å². The zero-order chi connectivity index (χ0) is 13.2. The monoisotopic (exact) mass is 266 g/mol. The van der Waals surface area contributed by atoms with Gasteiger partial charge in [-0.15, -0.1) is 0 Å². The molecule has 0 unspecified atom stereocenters. The highest BCUT2D eigenvalue weighted by molar-refractivity contribution is 7.22. The van der Waals surface area contributed by atoms with Crippen molar-refractivity contribution in [2.45, 2.75) is 45.6 Å². The first-order valence-corrected chi connectivity index (χ1v) is 7.28. The summed E-state index contributed by atoms with van der Waals surface area (Å²) in [4.78, 5) is 4.52. The molecule has 18 heavy (non-hydrogen) atoms. The van der Waals surface area contributed by atoms with Gasteiger partial charge in [-0.05, 0) is 37.5 Å². The maximum atomic E-state index is 13.1. The van der Waals surface area contributed by atoms with Crippen LogP contribution in [0.3, 0.4) is 0 Å². The van der Waals surface area contributed by atoms with Gasteiger partial charge in [0.25, 0.3) is 0 Å². The molecule has 1 aromatic carbocycles. The number of rotatable bonds is 5. The van der Waals surface area contributed by atoms with Gasteiger partial charge in [0, 0.05) is 5.54 Å². The van der Waals surface area contributed by atoms with Crippen molar-refractivity contribution >= 4 is 26.7 Å². The Morgan fingerprint density at radius 1 is 1.22 bits per heavy atom. The maximum absolute atomic E-state index is 13.1. The minimum Gasteiger partial charge on any atom is -0.356 e. The average Bonchev–Trinajstić information content (AvgIpc) is 2.77. The fourth-order valence-corrected chi connectivity index (χ4v) is 3.20. The van der Waals surface area contributed by atoms with Crippen LogP contribution in [0.5, 0.6) is 0 Å². The second kappa shape index (κ2) is 5.22. The molecule has 2 aromatic rings. The summed E-state index contributed by atoms with van der Waals surface area (Å²) >= 11 is 1.52. The van der Waals surface area contributed by atoms with Gasteiger partial charge in [-0.1, -0.05) is 32.1 Å². The Morgan fingerprint density at radius 2 is 1.89 bits per heavy atom. The molecule has 0 aliphatic carbocycles. The standard InChI is InChI=1S/C14H19FN2S/c1-4-14(5-2,6-3)17-13-16-11-8-7-10(15)9-12(11)18-13/h7-9H,4-6H2,1-3H3,(H,16,17). The van der Waals surface area contributed by atoms with Gasteiger partial charge in [-0.2, -0.15) is 0 Å². The molecule has 1 N–H and O–H groups in total. The molecule has 1 heterocycles. The van der Waals surface area contributed by atoms with Crippen molar-refractivity contribution in [3.05, 3.63) is 24.0 Å². The van der Waals surface area contributed by atoms with E-state index in [-0.39, 0.29) is 11.4 Å². The van der Waals surface area contributed by atoms with E-state index in [9.17, 15) is 4.39 Å². The quantitative estimate of drug-likeness (QED) is 0.839. The molecular weight excluding hydrogens is 247 g/mol. The minimum absolute atomic E-state index is 0.104. The second-order valence-electron chi connectivity index (χ2n) is 4.60. The van der Waals surface area contributed by atoms with Crippen molar-refractivity contribution in [3.8, 4) is 0 Å². The number of halogens is 1. The van der Waals surface area contributed by atoms with Crippen LogP contribution in [0, 0.1) is 5.82 Å². The molecule has 0 fully saturated rings. The van der Waals surface area contributed by atoms with E-state index in [0.717, 1.165) is 34.6 Å². The Hall–Kier alpha value is -1.16. The Kier molecular flexibility index (Phi) is 3.85. The topological polar surface area (TPSA) is 24.9 Å². The first-order chi connectivity index (χ1) is 8.62. The van der Waals surface area contributed by atoms with E-state index in [0.29, 0.717) is 0 Å². The van der Waals surface area contributed by atoms with Gasteiger partial charge in [-0.3, -0.25) is 0 Å². The molecule has 0 saturated heterocycles. The Labute approximate surface area is 111 Å². The summed E-state index contributed by atoms with van der Waals surface area (Å²) in [6.45, 7) is 6.56. The lowest BCUT2D eigenvalue weighted by atomic mass is 9.90. The van der Waals surface area contributed by atoms with E-state index in [4.69, 9.17) is 0 Å². The molecule has 0 spiro atoms. The van der Waals surface area contributed by atoms with Crippen molar-refractivity contribution in [1.29, 1.82) is 0 Å². The van der Waals surface area contributed by atoms with Crippen molar-refractivity contribution < 1.29 is 4.39 Å². The van der Waals surface area contributed by atoms with Crippen LogP contribution >= 0.6 is 11.3 Å². The average molecular weight is 266 g/mol. The first-order valence-electron chi connectivity index (χ1n) is 6.46. The summed E-state index contributed by atoms with van der Waals surface area (Å²) in [5, 5.41) is 4.43.